The van der Waals surface area contributed by atoms with Crippen molar-refractivity contribution in [3.8, 4) is 0 Å². The van der Waals surface area contributed by atoms with Crippen molar-refractivity contribution < 1.29 is 4.79 Å². The first-order valence-corrected chi connectivity index (χ1v) is 7.97. The third kappa shape index (κ3) is 4.11. The van der Waals surface area contributed by atoms with Gasteiger partial charge in [0.1, 0.15) is 0 Å². The van der Waals surface area contributed by atoms with E-state index >= 15 is 0 Å². The molecule has 0 bridgehead atoms. The summed E-state index contributed by atoms with van der Waals surface area (Å²) in [6.07, 6.45) is 0. The van der Waals surface area contributed by atoms with Gasteiger partial charge in [0.2, 0.25) is 5.91 Å². The van der Waals surface area contributed by atoms with Crippen LogP contribution in [0.15, 0.2) is 28.5 Å². The Morgan fingerprint density at radius 2 is 2.11 bits per heavy atom. The first-order valence-electron chi connectivity index (χ1n) is 5.35. The molecule has 1 aromatic heterocycles. The predicted molar refractivity (Wildman–Crippen MR) is 82.7 cm³/mol. The molecule has 2 rings (SSSR count). The van der Waals surface area contributed by atoms with Crippen molar-refractivity contribution in [2.45, 2.75) is 11.8 Å². The van der Waals surface area contributed by atoms with Crippen LogP contribution < -0.4 is 5.32 Å². The lowest BCUT2D eigenvalue weighted by molar-refractivity contribution is -0.113. The lowest BCUT2D eigenvalue weighted by Gasteiger charge is -2.06. The molecule has 2 aromatic rings. The Hall–Kier alpha value is -0.750. The number of nitrogens with one attached hydrogen (secondary N) is 1. The number of carbonyl (C=O) groups is 1. The first-order chi connectivity index (χ1) is 9.06. The number of hydrogen-bond donors (Lipinski definition) is 1. The zero-order valence-electron chi connectivity index (χ0n) is 9.94. The first kappa shape index (κ1) is 14.7. The molecule has 0 fully saturated rings. The van der Waals surface area contributed by atoms with Gasteiger partial charge in [0.25, 0.3) is 0 Å². The van der Waals surface area contributed by atoms with E-state index in [1.807, 2.05) is 12.3 Å². The molecule has 1 aromatic carbocycles. The maximum absolute atomic E-state index is 11.8. The van der Waals surface area contributed by atoms with Crippen molar-refractivity contribution in [2.75, 3.05) is 11.1 Å². The average Bonchev–Trinajstić information content (AvgIpc) is 2.74. The standard InChI is InChI=1S/C12H10Cl2N2OS2/c1-7-5-19-12(15-7)16-10(17)6-18-11-8(13)3-2-4-9(11)14/h2-5H,6H2,1H3,(H,15,16,17). The van der Waals surface area contributed by atoms with E-state index in [1.165, 1.54) is 23.1 Å². The summed E-state index contributed by atoms with van der Waals surface area (Å²) in [6, 6.07) is 5.27. The Bertz CT molecular complexity index is 581. The maximum atomic E-state index is 11.8. The van der Waals surface area contributed by atoms with Crippen molar-refractivity contribution in [1.82, 2.24) is 4.98 Å². The third-order valence-corrected chi connectivity index (χ3v) is 5.00. The molecule has 0 saturated heterocycles. The summed E-state index contributed by atoms with van der Waals surface area (Å²) in [5.41, 5.74) is 0.891. The van der Waals surface area contributed by atoms with E-state index in [-0.39, 0.29) is 11.7 Å². The van der Waals surface area contributed by atoms with E-state index in [0.29, 0.717) is 15.2 Å². The highest BCUT2D eigenvalue weighted by atomic mass is 35.5. The molecule has 0 aliphatic carbocycles. The van der Waals surface area contributed by atoms with Crippen LogP contribution in [0.3, 0.4) is 0 Å². The van der Waals surface area contributed by atoms with E-state index < -0.39 is 0 Å². The number of aromatic nitrogens is 1. The molecule has 0 saturated carbocycles. The minimum absolute atomic E-state index is 0.129. The van der Waals surface area contributed by atoms with Crippen molar-refractivity contribution in [2.24, 2.45) is 0 Å². The van der Waals surface area contributed by atoms with E-state index in [4.69, 9.17) is 23.2 Å². The van der Waals surface area contributed by atoms with Crippen LogP contribution in [0.2, 0.25) is 10.0 Å². The molecule has 3 nitrogen and oxygen atoms in total. The SMILES string of the molecule is Cc1csc(NC(=O)CSc2c(Cl)cccc2Cl)n1. The fourth-order valence-corrected chi connectivity index (χ4v) is 3.51. The second-order valence-corrected chi connectivity index (χ2v) is 6.34. The monoisotopic (exact) mass is 332 g/mol. The molecule has 1 heterocycles. The molecule has 0 aliphatic rings. The van der Waals surface area contributed by atoms with Crippen LogP contribution in [0.5, 0.6) is 0 Å². The molecular formula is C12H10Cl2N2OS2. The smallest absolute Gasteiger partial charge is 0.236 e. The van der Waals surface area contributed by atoms with Crippen LogP contribution in [-0.2, 0) is 4.79 Å². The largest absolute Gasteiger partial charge is 0.301 e. The predicted octanol–water partition coefficient (Wildman–Crippen LogP) is 4.49. The van der Waals surface area contributed by atoms with Gasteiger partial charge >= 0.3 is 0 Å². The second kappa shape index (κ2) is 6.61. The van der Waals surface area contributed by atoms with Gasteiger partial charge in [-0.1, -0.05) is 29.3 Å². The topological polar surface area (TPSA) is 42.0 Å². The summed E-state index contributed by atoms with van der Waals surface area (Å²) >= 11 is 14.8. The number of thioether (sulfide) groups is 1. The average molecular weight is 333 g/mol. The van der Waals surface area contributed by atoms with E-state index in [1.54, 1.807) is 18.2 Å². The highest BCUT2D eigenvalue weighted by Crippen LogP contribution is 2.33. The molecule has 0 atom stereocenters. The van der Waals surface area contributed by atoms with E-state index in [9.17, 15) is 4.79 Å². The zero-order chi connectivity index (χ0) is 13.8. The fraction of sp³-hybridized carbons (Fsp3) is 0.167. The third-order valence-electron chi connectivity index (χ3n) is 2.13. The normalized spacial score (nSPS) is 10.5. The lowest BCUT2D eigenvalue weighted by Crippen LogP contribution is -2.13. The highest BCUT2D eigenvalue weighted by molar-refractivity contribution is 8.00. The molecule has 0 spiro atoms. The van der Waals surface area contributed by atoms with Gasteiger partial charge in [0.15, 0.2) is 5.13 Å². The molecule has 1 N–H and O–H groups in total. The van der Waals surface area contributed by atoms with Gasteiger partial charge in [-0.15, -0.1) is 23.1 Å². The Labute approximate surface area is 129 Å². The summed E-state index contributed by atoms with van der Waals surface area (Å²) < 4.78 is 0. The number of aryl methyl sites for hydroxylation is 1. The summed E-state index contributed by atoms with van der Waals surface area (Å²) in [6.45, 7) is 1.88. The second-order valence-electron chi connectivity index (χ2n) is 3.68. The van der Waals surface area contributed by atoms with Crippen molar-refractivity contribution in [3.05, 3.63) is 39.3 Å². The minimum Gasteiger partial charge on any atom is -0.301 e. The zero-order valence-corrected chi connectivity index (χ0v) is 13.1. The molecule has 7 heteroatoms. The van der Waals surface area contributed by atoms with Crippen molar-refractivity contribution in [1.29, 1.82) is 0 Å². The van der Waals surface area contributed by atoms with Gasteiger partial charge in [-0.3, -0.25) is 4.79 Å². The van der Waals surface area contributed by atoms with E-state index in [2.05, 4.69) is 10.3 Å². The maximum Gasteiger partial charge on any atom is 0.236 e. The van der Waals surface area contributed by atoms with Gasteiger partial charge in [-0.2, -0.15) is 0 Å². The molecular weight excluding hydrogens is 323 g/mol. The van der Waals surface area contributed by atoms with Gasteiger partial charge in [0, 0.05) is 10.3 Å². The molecule has 0 aliphatic heterocycles. The Kier molecular flexibility index (Phi) is 5.10. The number of hydrogen-bond acceptors (Lipinski definition) is 4. The van der Waals surface area contributed by atoms with E-state index in [0.717, 1.165) is 10.6 Å². The fourth-order valence-electron chi connectivity index (χ4n) is 1.32. The Morgan fingerprint density at radius 3 is 2.68 bits per heavy atom. The summed E-state index contributed by atoms with van der Waals surface area (Å²) in [7, 11) is 0. The number of rotatable bonds is 4. The Balaban J connectivity index is 1.93. The Morgan fingerprint density at radius 1 is 1.42 bits per heavy atom. The highest BCUT2D eigenvalue weighted by Gasteiger charge is 2.10. The molecule has 100 valence electrons. The van der Waals surface area contributed by atoms with Crippen LogP contribution in [0, 0.1) is 6.92 Å². The lowest BCUT2D eigenvalue weighted by atomic mass is 10.4. The number of thiazole rings is 1. The summed E-state index contributed by atoms with van der Waals surface area (Å²) in [5, 5.41) is 6.32. The molecule has 0 radical (unpaired) electrons. The number of nitrogens with zero attached hydrogens (tertiary/aromatic N) is 1. The summed E-state index contributed by atoms with van der Waals surface area (Å²) in [4.78, 5) is 16.7. The van der Waals surface area contributed by atoms with Crippen LogP contribution in [0.25, 0.3) is 0 Å². The number of anilines is 1. The molecule has 1 amide bonds. The molecule has 19 heavy (non-hydrogen) atoms. The van der Waals surface area contributed by atoms with Gasteiger partial charge in [-0.25, -0.2) is 4.98 Å². The summed E-state index contributed by atoms with van der Waals surface area (Å²) in [5.74, 6) is 0.109. The number of amides is 1. The van der Waals surface area contributed by atoms with Crippen molar-refractivity contribution in [3.63, 3.8) is 0 Å². The molecule has 0 unspecified atom stereocenters. The number of halogens is 2. The number of carbonyl (C=O) groups excluding carboxylic acids is 1. The van der Waals surface area contributed by atoms with Gasteiger partial charge < -0.3 is 5.32 Å². The van der Waals surface area contributed by atoms with Gasteiger partial charge in [-0.05, 0) is 19.1 Å². The van der Waals surface area contributed by atoms with Crippen LogP contribution in [0.1, 0.15) is 5.69 Å². The van der Waals surface area contributed by atoms with Crippen LogP contribution >= 0.6 is 46.3 Å². The van der Waals surface area contributed by atoms with Crippen LogP contribution in [-0.4, -0.2) is 16.6 Å². The number of benzene rings is 1. The van der Waals surface area contributed by atoms with Crippen molar-refractivity contribution >= 4 is 57.3 Å². The quantitative estimate of drug-likeness (QED) is 0.838. The van der Waals surface area contributed by atoms with Crippen LogP contribution in [0.4, 0.5) is 5.13 Å². The van der Waals surface area contributed by atoms with Gasteiger partial charge in [0.05, 0.1) is 21.5 Å². The minimum atomic E-state index is -0.129.